The second-order valence-electron chi connectivity index (χ2n) is 2.54. The molecule has 0 aromatic carbocycles. The highest BCUT2D eigenvalue weighted by molar-refractivity contribution is 7.78. The van der Waals surface area contributed by atoms with Crippen molar-refractivity contribution < 1.29 is 9.84 Å². The molecule has 0 aromatic rings. The number of aliphatic hydroxyl groups is 1. The number of hydrogen-bond acceptors (Lipinski definition) is 4. The predicted octanol–water partition coefficient (Wildman–Crippen LogP) is 0.474. The average molecular weight is 175 g/mol. The van der Waals surface area contributed by atoms with E-state index in [1.165, 1.54) is 0 Å². The van der Waals surface area contributed by atoms with Gasteiger partial charge in [-0.3, -0.25) is 4.72 Å². The van der Waals surface area contributed by atoms with Crippen LogP contribution >= 0.6 is 12.8 Å². The van der Waals surface area contributed by atoms with E-state index in [4.69, 9.17) is 9.84 Å². The van der Waals surface area contributed by atoms with Crippen molar-refractivity contribution in [3.05, 3.63) is 12.3 Å². The monoisotopic (exact) mass is 175 g/mol. The molecule has 0 spiro atoms. The van der Waals surface area contributed by atoms with Crippen LogP contribution in [-0.4, -0.2) is 23.9 Å². The second-order valence-corrected chi connectivity index (χ2v) is 2.80. The van der Waals surface area contributed by atoms with Gasteiger partial charge in [0.15, 0.2) is 0 Å². The molecule has 1 aliphatic heterocycles. The van der Waals surface area contributed by atoms with E-state index in [1.807, 2.05) is 6.08 Å². The number of aliphatic hydroxyl groups excluding tert-OH is 1. The van der Waals surface area contributed by atoms with Crippen molar-refractivity contribution in [2.75, 3.05) is 6.61 Å². The van der Waals surface area contributed by atoms with Gasteiger partial charge in [-0.1, -0.05) is 12.8 Å². The number of nitrogens with one attached hydrogen (secondary N) is 1. The molecule has 0 radical (unpaired) electrons. The number of ether oxygens (including phenoxy) is 1. The van der Waals surface area contributed by atoms with Crippen LogP contribution in [0.1, 0.15) is 12.8 Å². The van der Waals surface area contributed by atoms with Gasteiger partial charge < -0.3 is 9.84 Å². The molecule has 0 fully saturated rings. The predicted molar refractivity (Wildman–Crippen MR) is 46.2 cm³/mol. The van der Waals surface area contributed by atoms with Crippen LogP contribution in [0.25, 0.3) is 0 Å². The highest BCUT2D eigenvalue weighted by Crippen LogP contribution is 2.13. The molecule has 64 valence electrons. The minimum atomic E-state index is -0.0664. The highest BCUT2D eigenvalue weighted by atomic mass is 32.1. The summed E-state index contributed by atoms with van der Waals surface area (Å²) >= 11 is 3.89. The molecule has 0 saturated heterocycles. The first-order valence-corrected chi connectivity index (χ1v) is 4.14. The Kier molecular flexibility index (Phi) is 3.76. The summed E-state index contributed by atoms with van der Waals surface area (Å²) < 4.78 is 7.98. The third-order valence-electron chi connectivity index (χ3n) is 1.78. The van der Waals surface area contributed by atoms with Gasteiger partial charge in [0, 0.05) is 0 Å². The van der Waals surface area contributed by atoms with Crippen molar-refractivity contribution in [2.45, 2.75) is 25.0 Å². The van der Waals surface area contributed by atoms with E-state index in [1.54, 1.807) is 6.26 Å². The van der Waals surface area contributed by atoms with Gasteiger partial charge in [-0.25, -0.2) is 0 Å². The van der Waals surface area contributed by atoms with Crippen LogP contribution in [0.4, 0.5) is 0 Å². The lowest BCUT2D eigenvalue weighted by Crippen LogP contribution is -2.39. The fourth-order valence-corrected chi connectivity index (χ4v) is 1.34. The van der Waals surface area contributed by atoms with Gasteiger partial charge in [-0.2, -0.15) is 0 Å². The van der Waals surface area contributed by atoms with E-state index in [2.05, 4.69) is 17.5 Å². The van der Waals surface area contributed by atoms with E-state index >= 15 is 0 Å². The molecular weight excluding hydrogens is 162 g/mol. The SMILES string of the molecule is OCC(NS)C1CCC=CO1. The number of thiol groups is 1. The van der Waals surface area contributed by atoms with Gasteiger partial charge in [-0.15, -0.1) is 0 Å². The number of rotatable bonds is 3. The minimum absolute atomic E-state index is 0.0575. The smallest absolute Gasteiger partial charge is 0.116 e. The van der Waals surface area contributed by atoms with Crippen molar-refractivity contribution in [2.24, 2.45) is 0 Å². The van der Waals surface area contributed by atoms with Crippen LogP contribution in [-0.2, 0) is 4.74 Å². The lowest BCUT2D eigenvalue weighted by molar-refractivity contribution is 0.0698. The third-order valence-corrected chi connectivity index (χ3v) is 2.11. The maximum Gasteiger partial charge on any atom is 0.116 e. The molecule has 0 amide bonds. The average Bonchev–Trinajstić information content (AvgIpc) is 2.09. The largest absolute Gasteiger partial charge is 0.497 e. The zero-order chi connectivity index (χ0) is 8.10. The Labute approximate surface area is 72.0 Å². The molecule has 1 heterocycles. The normalized spacial score (nSPS) is 26.2. The molecule has 3 nitrogen and oxygen atoms in total. The molecule has 0 saturated carbocycles. The Balaban J connectivity index is 2.38. The highest BCUT2D eigenvalue weighted by Gasteiger charge is 2.20. The molecule has 11 heavy (non-hydrogen) atoms. The van der Waals surface area contributed by atoms with E-state index in [-0.39, 0.29) is 18.8 Å². The Morgan fingerprint density at radius 1 is 1.82 bits per heavy atom. The van der Waals surface area contributed by atoms with Crippen LogP contribution < -0.4 is 4.72 Å². The number of allylic oxidation sites excluding steroid dienone is 1. The first kappa shape index (κ1) is 8.90. The molecule has 1 aliphatic rings. The van der Waals surface area contributed by atoms with Gasteiger partial charge >= 0.3 is 0 Å². The maximum atomic E-state index is 8.86. The fraction of sp³-hybridized carbons (Fsp3) is 0.714. The molecule has 4 heteroatoms. The molecule has 2 atom stereocenters. The quantitative estimate of drug-likeness (QED) is 0.546. The van der Waals surface area contributed by atoms with Crippen molar-refractivity contribution in [3.8, 4) is 0 Å². The van der Waals surface area contributed by atoms with Gasteiger partial charge in [0.2, 0.25) is 0 Å². The van der Waals surface area contributed by atoms with Crippen molar-refractivity contribution in [1.29, 1.82) is 0 Å². The number of hydrogen-bond donors (Lipinski definition) is 3. The Morgan fingerprint density at radius 3 is 3.09 bits per heavy atom. The summed E-state index contributed by atoms with van der Waals surface area (Å²) in [5, 5.41) is 8.86. The summed E-state index contributed by atoms with van der Waals surface area (Å²) in [4.78, 5) is 0. The summed E-state index contributed by atoms with van der Waals surface area (Å²) in [7, 11) is 0. The third kappa shape index (κ3) is 2.39. The van der Waals surface area contributed by atoms with Crippen LogP contribution in [0.3, 0.4) is 0 Å². The van der Waals surface area contributed by atoms with E-state index in [0.717, 1.165) is 12.8 Å². The minimum Gasteiger partial charge on any atom is -0.497 e. The summed E-state index contributed by atoms with van der Waals surface area (Å²) in [6.45, 7) is 0.0575. The van der Waals surface area contributed by atoms with Crippen molar-refractivity contribution in [1.82, 2.24) is 4.72 Å². The van der Waals surface area contributed by atoms with E-state index < -0.39 is 0 Å². The standard InChI is InChI=1S/C7H13NO2S/c9-5-6(8-11)7-3-1-2-4-10-7/h2,4,6-9,11H,1,3,5H2. The first-order valence-electron chi connectivity index (χ1n) is 3.69. The maximum absolute atomic E-state index is 8.86. The van der Waals surface area contributed by atoms with E-state index in [9.17, 15) is 0 Å². The molecular formula is C7H13NO2S. The zero-order valence-corrected chi connectivity index (χ0v) is 7.13. The van der Waals surface area contributed by atoms with Gasteiger partial charge in [0.25, 0.3) is 0 Å². The van der Waals surface area contributed by atoms with Gasteiger partial charge in [-0.05, 0) is 18.9 Å². The molecule has 0 bridgehead atoms. The Hall–Kier alpha value is -0.190. The van der Waals surface area contributed by atoms with Crippen molar-refractivity contribution >= 4 is 12.8 Å². The Morgan fingerprint density at radius 2 is 2.64 bits per heavy atom. The van der Waals surface area contributed by atoms with Crippen LogP contribution in [0.2, 0.25) is 0 Å². The second kappa shape index (κ2) is 4.64. The summed E-state index contributed by atoms with van der Waals surface area (Å²) in [5.41, 5.74) is 0. The van der Waals surface area contributed by atoms with E-state index in [0.29, 0.717) is 0 Å². The summed E-state index contributed by atoms with van der Waals surface area (Å²) in [6.07, 6.45) is 5.67. The lowest BCUT2D eigenvalue weighted by atomic mass is 10.1. The molecule has 1 rings (SSSR count). The van der Waals surface area contributed by atoms with Crippen LogP contribution in [0.5, 0.6) is 0 Å². The van der Waals surface area contributed by atoms with Crippen LogP contribution in [0, 0.1) is 0 Å². The lowest BCUT2D eigenvalue weighted by Gasteiger charge is -2.25. The zero-order valence-electron chi connectivity index (χ0n) is 6.23. The molecule has 2 N–H and O–H groups in total. The summed E-state index contributed by atoms with van der Waals surface area (Å²) in [5.74, 6) is 0. The first-order chi connectivity index (χ1) is 5.38. The van der Waals surface area contributed by atoms with Crippen molar-refractivity contribution in [3.63, 3.8) is 0 Å². The van der Waals surface area contributed by atoms with Gasteiger partial charge in [0.05, 0.1) is 18.9 Å². The fourth-order valence-electron chi connectivity index (χ4n) is 1.09. The molecule has 0 aliphatic carbocycles. The Bertz CT molecular complexity index is 136. The van der Waals surface area contributed by atoms with Gasteiger partial charge in [0.1, 0.15) is 6.10 Å². The topological polar surface area (TPSA) is 41.5 Å². The molecule has 2 unspecified atom stereocenters. The summed E-state index contributed by atoms with van der Waals surface area (Å²) in [6, 6.07) is -0.0664. The molecule has 0 aromatic heterocycles. The van der Waals surface area contributed by atoms with Crippen LogP contribution in [0.15, 0.2) is 12.3 Å².